The van der Waals surface area contributed by atoms with Gasteiger partial charge in [-0.3, -0.25) is 0 Å². The summed E-state index contributed by atoms with van der Waals surface area (Å²) in [5.74, 6) is 1.03. The quantitative estimate of drug-likeness (QED) is 0.674. The van der Waals surface area contributed by atoms with E-state index in [2.05, 4.69) is 20.8 Å². The van der Waals surface area contributed by atoms with Gasteiger partial charge in [-0.15, -0.1) is 10.2 Å². The summed E-state index contributed by atoms with van der Waals surface area (Å²) >= 11 is 0. The van der Waals surface area contributed by atoms with Crippen LogP contribution in [-0.2, 0) is 0 Å². The number of benzene rings is 1. The molecule has 3 aromatic rings. The van der Waals surface area contributed by atoms with Crippen molar-refractivity contribution in [3.8, 4) is 17.3 Å². The van der Waals surface area contributed by atoms with Gasteiger partial charge in [0.25, 0.3) is 0 Å². The first kappa shape index (κ1) is 16.5. The van der Waals surface area contributed by atoms with Crippen LogP contribution in [0.2, 0.25) is 0 Å². The summed E-state index contributed by atoms with van der Waals surface area (Å²) < 4.78 is 10.7. The first-order chi connectivity index (χ1) is 12.2. The molecular formula is C18H18N4O3. The van der Waals surface area contributed by atoms with Gasteiger partial charge < -0.3 is 19.8 Å². The Morgan fingerprint density at radius 2 is 2.08 bits per heavy atom. The molecule has 0 aliphatic rings. The van der Waals surface area contributed by atoms with Crippen LogP contribution >= 0.6 is 0 Å². The van der Waals surface area contributed by atoms with Gasteiger partial charge in [0.15, 0.2) is 5.76 Å². The van der Waals surface area contributed by atoms with E-state index >= 15 is 0 Å². The molecule has 2 heterocycles. The van der Waals surface area contributed by atoms with E-state index in [1.54, 1.807) is 30.5 Å². The largest absolute Gasteiger partial charge is 0.475 e. The van der Waals surface area contributed by atoms with Crippen LogP contribution in [0, 0.1) is 6.92 Å². The van der Waals surface area contributed by atoms with Gasteiger partial charge in [0.05, 0.1) is 12.8 Å². The second kappa shape index (κ2) is 7.96. The highest BCUT2D eigenvalue weighted by Crippen LogP contribution is 2.17. The summed E-state index contributed by atoms with van der Waals surface area (Å²) in [4.78, 5) is 11.8. The fourth-order valence-corrected chi connectivity index (χ4v) is 2.17. The maximum atomic E-state index is 11.8. The molecule has 128 valence electrons. The van der Waals surface area contributed by atoms with E-state index in [1.807, 2.05) is 31.2 Å². The highest BCUT2D eigenvalue weighted by molar-refractivity contribution is 5.89. The van der Waals surface area contributed by atoms with Crippen LogP contribution in [-0.4, -0.2) is 29.4 Å². The first-order valence-corrected chi connectivity index (χ1v) is 7.82. The van der Waals surface area contributed by atoms with Gasteiger partial charge in [-0.1, -0.05) is 12.1 Å². The lowest BCUT2D eigenvalue weighted by molar-refractivity contribution is 0.246. The third-order valence-corrected chi connectivity index (χ3v) is 3.33. The Morgan fingerprint density at radius 3 is 2.80 bits per heavy atom. The molecular weight excluding hydrogens is 320 g/mol. The molecule has 0 aliphatic heterocycles. The average Bonchev–Trinajstić information content (AvgIpc) is 3.14. The molecule has 0 atom stereocenters. The van der Waals surface area contributed by atoms with Crippen molar-refractivity contribution in [3.63, 3.8) is 0 Å². The molecule has 2 N–H and O–H groups in total. The van der Waals surface area contributed by atoms with Crippen LogP contribution in [0.1, 0.15) is 5.56 Å². The Morgan fingerprint density at radius 1 is 1.16 bits per heavy atom. The van der Waals surface area contributed by atoms with E-state index in [1.165, 1.54) is 0 Å². The highest BCUT2D eigenvalue weighted by Gasteiger charge is 2.05. The third-order valence-electron chi connectivity index (χ3n) is 3.33. The van der Waals surface area contributed by atoms with Crippen molar-refractivity contribution in [2.24, 2.45) is 0 Å². The maximum Gasteiger partial charge on any atom is 0.319 e. The Balaban J connectivity index is 1.40. The summed E-state index contributed by atoms with van der Waals surface area (Å²) in [7, 11) is 0. The summed E-state index contributed by atoms with van der Waals surface area (Å²) in [5, 5.41) is 13.5. The van der Waals surface area contributed by atoms with Crippen molar-refractivity contribution in [1.82, 2.24) is 15.5 Å². The number of ether oxygens (including phenoxy) is 1. The molecule has 2 aromatic heterocycles. The zero-order chi connectivity index (χ0) is 17.5. The molecule has 0 spiro atoms. The number of nitrogens with zero attached hydrogens (tertiary/aromatic N) is 2. The van der Waals surface area contributed by atoms with E-state index in [4.69, 9.17) is 9.15 Å². The molecule has 0 unspecified atom stereocenters. The van der Waals surface area contributed by atoms with Crippen molar-refractivity contribution < 1.29 is 13.9 Å². The summed E-state index contributed by atoms with van der Waals surface area (Å²) in [6, 6.07) is 14.4. The number of aryl methyl sites for hydroxylation is 1. The number of furan rings is 1. The second-order valence-electron chi connectivity index (χ2n) is 5.33. The first-order valence-electron chi connectivity index (χ1n) is 7.82. The fourth-order valence-electron chi connectivity index (χ4n) is 2.17. The molecule has 0 saturated heterocycles. The molecule has 0 saturated carbocycles. The number of aromatic nitrogens is 2. The van der Waals surface area contributed by atoms with Crippen molar-refractivity contribution in [2.75, 3.05) is 18.5 Å². The Bertz CT molecular complexity index is 817. The Labute approximate surface area is 145 Å². The number of hydrogen-bond acceptors (Lipinski definition) is 5. The monoisotopic (exact) mass is 338 g/mol. The molecule has 3 rings (SSSR count). The summed E-state index contributed by atoms with van der Waals surface area (Å²) in [6.07, 6.45) is 1.58. The second-order valence-corrected chi connectivity index (χ2v) is 5.33. The topological polar surface area (TPSA) is 89.3 Å². The van der Waals surface area contributed by atoms with E-state index in [-0.39, 0.29) is 12.6 Å². The Hall–Kier alpha value is -3.35. The molecule has 7 nitrogen and oxygen atoms in total. The van der Waals surface area contributed by atoms with Crippen LogP contribution in [0.5, 0.6) is 5.88 Å². The van der Waals surface area contributed by atoms with Crippen LogP contribution < -0.4 is 15.4 Å². The predicted octanol–water partition coefficient (Wildman–Crippen LogP) is 3.25. The standard InChI is InChI=1S/C18H18N4O3/c1-13-4-2-5-14(12-13)20-18(23)19-9-11-25-17-8-7-15(21-22-17)16-6-3-10-24-16/h2-8,10,12H,9,11H2,1H3,(H2,19,20,23). The molecule has 7 heteroatoms. The third kappa shape index (κ3) is 4.81. The smallest absolute Gasteiger partial charge is 0.319 e. The number of amides is 2. The van der Waals surface area contributed by atoms with Crippen LogP contribution in [0.4, 0.5) is 10.5 Å². The number of rotatable bonds is 6. The molecule has 2 amide bonds. The predicted molar refractivity (Wildman–Crippen MR) is 93.4 cm³/mol. The van der Waals surface area contributed by atoms with Gasteiger partial charge >= 0.3 is 6.03 Å². The average molecular weight is 338 g/mol. The van der Waals surface area contributed by atoms with Crippen LogP contribution in [0.3, 0.4) is 0 Å². The zero-order valence-corrected chi connectivity index (χ0v) is 13.7. The van der Waals surface area contributed by atoms with Gasteiger partial charge in [-0.25, -0.2) is 4.79 Å². The Kier molecular flexibility index (Phi) is 5.26. The van der Waals surface area contributed by atoms with Gasteiger partial charge in [-0.2, -0.15) is 0 Å². The summed E-state index contributed by atoms with van der Waals surface area (Å²) in [5.41, 5.74) is 2.46. The highest BCUT2D eigenvalue weighted by atomic mass is 16.5. The molecule has 1 aromatic carbocycles. The summed E-state index contributed by atoms with van der Waals surface area (Å²) in [6.45, 7) is 2.60. The number of hydrogen-bond donors (Lipinski definition) is 2. The lowest BCUT2D eigenvalue weighted by Crippen LogP contribution is -2.32. The minimum atomic E-state index is -0.284. The molecule has 25 heavy (non-hydrogen) atoms. The van der Waals surface area contributed by atoms with Gasteiger partial charge in [0.2, 0.25) is 5.88 Å². The normalized spacial score (nSPS) is 10.3. The van der Waals surface area contributed by atoms with Gasteiger partial charge in [0.1, 0.15) is 12.3 Å². The SMILES string of the molecule is Cc1cccc(NC(=O)NCCOc2ccc(-c3ccco3)nn2)c1. The van der Waals surface area contributed by atoms with Gasteiger partial charge in [-0.05, 0) is 42.8 Å². The number of nitrogens with one attached hydrogen (secondary N) is 2. The minimum absolute atomic E-state index is 0.284. The van der Waals surface area contributed by atoms with E-state index in [9.17, 15) is 4.79 Å². The van der Waals surface area contributed by atoms with Crippen LogP contribution in [0.25, 0.3) is 11.5 Å². The van der Waals surface area contributed by atoms with E-state index in [0.717, 1.165) is 11.3 Å². The lowest BCUT2D eigenvalue weighted by Gasteiger charge is -2.09. The zero-order valence-electron chi connectivity index (χ0n) is 13.7. The number of urea groups is 1. The fraction of sp³-hybridized carbons (Fsp3) is 0.167. The number of carbonyl (C=O) groups excluding carboxylic acids is 1. The lowest BCUT2D eigenvalue weighted by atomic mass is 10.2. The number of carbonyl (C=O) groups is 1. The minimum Gasteiger partial charge on any atom is -0.475 e. The van der Waals surface area contributed by atoms with E-state index < -0.39 is 0 Å². The van der Waals surface area contributed by atoms with Crippen molar-refractivity contribution in [3.05, 3.63) is 60.4 Å². The van der Waals surface area contributed by atoms with Crippen molar-refractivity contribution >= 4 is 11.7 Å². The van der Waals surface area contributed by atoms with Gasteiger partial charge in [0, 0.05) is 11.8 Å². The van der Waals surface area contributed by atoms with Crippen molar-refractivity contribution in [2.45, 2.75) is 6.92 Å². The van der Waals surface area contributed by atoms with Crippen molar-refractivity contribution in [1.29, 1.82) is 0 Å². The molecule has 0 fully saturated rings. The molecule has 0 radical (unpaired) electrons. The van der Waals surface area contributed by atoms with Crippen LogP contribution in [0.15, 0.2) is 59.2 Å². The number of anilines is 1. The molecule has 0 bridgehead atoms. The van der Waals surface area contributed by atoms with E-state index in [0.29, 0.717) is 23.9 Å². The molecule has 0 aliphatic carbocycles. The maximum absolute atomic E-state index is 11.8.